The van der Waals surface area contributed by atoms with Crippen molar-refractivity contribution in [3.8, 4) is 0 Å². The van der Waals surface area contributed by atoms with Crippen LogP contribution in [0.5, 0.6) is 0 Å². The predicted molar refractivity (Wildman–Crippen MR) is 162 cm³/mol. The van der Waals surface area contributed by atoms with Gasteiger partial charge in [-0.3, -0.25) is 19.3 Å². The van der Waals surface area contributed by atoms with Crippen molar-refractivity contribution in [2.75, 3.05) is 19.6 Å². The van der Waals surface area contributed by atoms with E-state index in [4.69, 9.17) is 4.42 Å². The van der Waals surface area contributed by atoms with E-state index in [1.807, 2.05) is 69.9 Å². The van der Waals surface area contributed by atoms with Crippen molar-refractivity contribution < 1.29 is 18.8 Å². The molecule has 0 fully saturated rings. The molecule has 3 aromatic rings. The zero-order valence-electron chi connectivity index (χ0n) is 25.1. The van der Waals surface area contributed by atoms with E-state index in [1.165, 1.54) is 11.3 Å². The molecule has 0 spiro atoms. The van der Waals surface area contributed by atoms with Crippen LogP contribution in [0.2, 0.25) is 0 Å². The molecule has 3 N–H and O–H groups in total. The van der Waals surface area contributed by atoms with Crippen molar-refractivity contribution in [2.24, 2.45) is 5.92 Å². The summed E-state index contributed by atoms with van der Waals surface area (Å²) in [6.07, 6.45) is 2.65. The van der Waals surface area contributed by atoms with E-state index in [-0.39, 0.29) is 47.6 Å². The molecule has 4 rings (SSSR count). The quantitative estimate of drug-likeness (QED) is 0.375. The Kier molecular flexibility index (Phi) is 10.3. The molecule has 2 aromatic heterocycles. The molecular formula is C31H40N6O4S. The number of fused-ring (bicyclic) bond motifs is 4. The third-order valence-corrected chi connectivity index (χ3v) is 8.04. The average Bonchev–Trinajstić information content (AvgIpc) is 3.58. The number of hydrogen-bond acceptors (Lipinski definition) is 8. The Morgan fingerprint density at radius 2 is 1.83 bits per heavy atom. The van der Waals surface area contributed by atoms with Crippen molar-refractivity contribution in [3.05, 3.63) is 81.0 Å². The van der Waals surface area contributed by atoms with E-state index < -0.39 is 18.0 Å². The van der Waals surface area contributed by atoms with Gasteiger partial charge in [-0.15, -0.1) is 11.3 Å². The molecule has 1 aliphatic heterocycles. The van der Waals surface area contributed by atoms with Crippen LogP contribution < -0.4 is 16.0 Å². The number of thiazole rings is 1. The van der Waals surface area contributed by atoms with Crippen molar-refractivity contribution in [3.63, 3.8) is 0 Å². The summed E-state index contributed by atoms with van der Waals surface area (Å²) < 4.78 is 5.91. The Hall–Kier alpha value is -3.83. The van der Waals surface area contributed by atoms with Gasteiger partial charge in [0.2, 0.25) is 11.8 Å². The summed E-state index contributed by atoms with van der Waals surface area (Å²) in [4.78, 5) is 51.0. The molecule has 10 nitrogen and oxygen atoms in total. The Labute approximate surface area is 251 Å². The Morgan fingerprint density at radius 3 is 2.52 bits per heavy atom. The molecule has 11 heteroatoms. The number of carbonyl (C=O) groups is 3. The molecule has 0 unspecified atom stereocenters. The number of aromatic nitrogens is 2. The molecule has 4 bridgehead atoms. The SMILES string of the molecule is CC(C)=CCN1CC(=O)N[C@@H](C(C)C)c2nc(c(C)o2)C(=O)N[C@H](C)c2nc(cs2)C(=O)N[C@H](Cc2ccccc2)C1. The van der Waals surface area contributed by atoms with Crippen molar-refractivity contribution in [1.82, 2.24) is 30.8 Å². The standard InChI is InChI=1S/C31H40N6O4S/c1-18(2)12-13-37-15-23(14-22-10-8-7-9-11-22)33-28(39)24-17-42-31(34-24)20(5)32-29(40)27-21(6)41-30(36-27)26(19(3)4)35-25(38)16-37/h7-12,17,19-20,23,26H,13-16H2,1-6H3,(H,32,40)(H,33,39)(H,35,38)/t20-,23-,26+/m1/s1. The van der Waals surface area contributed by atoms with Gasteiger partial charge in [0, 0.05) is 24.5 Å². The van der Waals surface area contributed by atoms with Crippen molar-refractivity contribution in [1.29, 1.82) is 0 Å². The lowest BCUT2D eigenvalue weighted by molar-refractivity contribution is -0.123. The number of hydrogen-bond donors (Lipinski definition) is 3. The van der Waals surface area contributed by atoms with Crippen LogP contribution in [0.15, 0.2) is 51.8 Å². The summed E-state index contributed by atoms with van der Waals surface area (Å²) in [6.45, 7) is 12.5. The summed E-state index contributed by atoms with van der Waals surface area (Å²) >= 11 is 1.31. The van der Waals surface area contributed by atoms with Crippen LogP contribution in [0.1, 0.15) is 89.9 Å². The molecule has 3 amide bonds. The minimum absolute atomic E-state index is 0.0440. The number of benzene rings is 1. The fraction of sp³-hybridized carbons (Fsp3) is 0.452. The highest BCUT2D eigenvalue weighted by Crippen LogP contribution is 2.25. The first-order chi connectivity index (χ1) is 20.0. The van der Waals surface area contributed by atoms with Crippen LogP contribution in [-0.2, 0) is 11.2 Å². The highest BCUT2D eigenvalue weighted by atomic mass is 32.1. The third kappa shape index (κ3) is 8.13. The lowest BCUT2D eigenvalue weighted by atomic mass is 10.0. The first kappa shape index (κ1) is 31.1. The third-order valence-electron chi connectivity index (χ3n) is 7.01. The van der Waals surface area contributed by atoms with Gasteiger partial charge in [-0.05, 0) is 45.6 Å². The number of carbonyl (C=O) groups excluding carboxylic acids is 3. The number of rotatable bonds is 5. The van der Waals surface area contributed by atoms with Crippen molar-refractivity contribution in [2.45, 2.75) is 66.1 Å². The van der Waals surface area contributed by atoms with E-state index >= 15 is 0 Å². The first-order valence-corrected chi connectivity index (χ1v) is 15.1. The fourth-order valence-electron chi connectivity index (χ4n) is 4.76. The Morgan fingerprint density at radius 1 is 1.10 bits per heavy atom. The molecule has 0 radical (unpaired) electrons. The predicted octanol–water partition coefficient (Wildman–Crippen LogP) is 4.37. The van der Waals surface area contributed by atoms with Crippen LogP contribution >= 0.6 is 11.3 Å². The van der Waals surface area contributed by atoms with Gasteiger partial charge in [0.25, 0.3) is 11.8 Å². The number of aryl methyl sites for hydroxylation is 1. The maximum Gasteiger partial charge on any atom is 0.274 e. The minimum atomic E-state index is -0.527. The Bertz CT molecular complexity index is 1430. The topological polar surface area (TPSA) is 129 Å². The van der Waals surface area contributed by atoms with Gasteiger partial charge in [-0.2, -0.15) is 0 Å². The summed E-state index contributed by atoms with van der Waals surface area (Å²) in [5.41, 5.74) is 2.63. The van der Waals surface area contributed by atoms with E-state index in [1.54, 1.807) is 12.3 Å². The monoisotopic (exact) mass is 592 g/mol. The number of amides is 3. The molecule has 0 saturated heterocycles. The molecule has 0 saturated carbocycles. The van der Waals surface area contributed by atoms with E-state index in [2.05, 4.69) is 32.0 Å². The highest BCUT2D eigenvalue weighted by molar-refractivity contribution is 7.09. The van der Waals surface area contributed by atoms with Gasteiger partial charge in [-0.25, -0.2) is 9.97 Å². The van der Waals surface area contributed by atoms with Gasteiger partial charge in [0.1, 0.15) is 22.5 Å². The molecule has 42 heavy (non-hydrogen) atoms. The van der Waals surface area contributed by atoms with Gasteiger partial charge >= 0.3 is 0 Å². The number of nitrogens with one attached hydrogen (secondary N) is 3. The number of allylic oxidation sites excluding steroid dienone is 1. The molecule has 3 heterocycles. The number of oxazole rings is 1. The summed E-state index contributed by atoms with van der Waals surface area (Å²) in [5, 5.41) is 11.4. The van der Waals surface area contributed by atoms with Crippen LogP contribution in [0, 0.1) is 12.8 Å². The van der Waals surface area contributed by atoms with E-state index in [0.717, 1.165) is 11.1 Å². The van der Waals surface area contributed by atoms with Crippen LogP contribution in [-0.4, -0.2) is 58.3 Å². The Balaban J connectivity index is 1.71. The lowest BCUT2D eigenvalue weighted by Crippen LogP contribution is -2.48. The second kappa shape index (κ2) is 13.9. The lowest BCUT2D eigenvalue weighted by Gasteiger charge is -2.28. The molecule has 224 valence electrons. The zero-order valence-corrected chi connectivity index (χ0v) is 25.9. The van der Waals surface area contributed by atoms with Gasteiger partial charge in [0.05, 0.1) is 12.6 Å². The van der Waals surface area contributed by atoms with Gasteiger partial charge in [0.15, 0.2) is 5.69 Å². The average molecular weight is 593 g/mol. The molecule has 1 aromatic carbocycles. The molecular weight excluding hydrogens is 552 g/mol. The molecule has 3 atom stereocenters. The van der Waals surface area contributed by atoms with E-state index in [9.17, 15) is 14.4 Å². The smallest absolute Gasteiger partial charge is 0.274 e. The maximum absolute atomic E-state index is 13.4. The first-order valence-electron chi connectivity index (χ1n) is 14.2. The zero-order chi connectivity index (χ0) is 30.4. The minimum Gasteiger partial charge on any atom is -0.443 e. The number of nitrogens with zero attached hydrogens (tertiary/aromatic N) is 3. The fourth-order valence-corrected chi connectivity index (χ4v) is 5.57. The van der Waals surface area contributed by atoms with Crippen LogP contribution in [0.4, 0.5) is 0 Å². The normalized spacial score (nSPS) is 20.7. The molecule has 1 aliphatic rings. The molecule has 0 aliphatic carbocycles. The van der Waals surface area contributed by atoms with Gasteiger partial charge < -0.3 is 20.4 Å². The van der Waals surface area contributed by atoms with Crippen LogP contribution in [0.25, 0.3) is 0 Å². The maximum atomic E-state index is 13.4. The largest absolute Gasteiger partial charge is 0.443 e. The highest BCUT2D eigenvalue weighted by Gasteiger charge is 2.29. The van der Waals surface area contributed by atoms with Gasteiger partial charge in [-0.1, -0.05) is 55.8 Å². The summed E-state index contributed by atoms with van der Waals surface area (Å²) in [7, 11) is 0. The second-order valence-electron chi connectivity index (χ2n) is 11.3. The van der Waals surface area contributed by atoms with Crippen LogP contribution in [0.3, 0.4) is 0 Å². The second-order valence-corrected chi connectivity index (χ2v) is 12.2. The summed E-state index contributed by atoms with van der Waals surface area (Å²) in [5.74, 6) is -0.320. The summed E-state index contributed by atoms with van der Waals surface area (Å²) in [6, 6.07) is 8.66. The van der Waals surface area contributed by atoms with Crippen molar-refractivity contribution >= 4 is 29.1 Å². The van der Waals surface area contributed by atoms with E-state index in [0.29, 0.717) is 30.3 Å².